The number of H-pyrrole nitrogens is 1. The average molecular weight is 489 g/mol. The van der Waals surface area contributed by atoms with E-state index in [4.69, 9.17) is 4.74 Å². The number of benzene rings is 1. The van der Waals surface area contributed by atoms with Gasteiger partial charge in [-0.2, -0.15) is 0 Å². The molecule has 5 heterocycles. The van der Waals surface area contributed by atoms with E-state index in [0.29, 0.717) is 30.4 Å². The molecular formula is C22H28N6O5S. The molecule has 3 aliphatic rings. The van der Waals surface area contributed by atoms with Gasteiger partial charge < -0.3 is 14.6 Å². The van der Waals surface area contributed by atoms with Gasteiger partial charge in [0.1, 0.15) is 17.1 Å². The predicted octanol–water partition coefficient (Wildman–Crippen LogP) is 0.399. The Labute approximate surface area is 196 Å². The lowest BCUT2D eigenvalue weighted by Crippen LogP contribution is -2.57. The Hall–Kier alpha value is -2.96. The van der Waals surface area contributed by atoms with Crippen LogP contribution in [0.15, 0.2) is 32.7 Å². The van der Waals surface area contributed by atoms with Gasteiger partial charge in [0.15, 0.2) is 5.65 Å². The molecule has 0 saturated carbocycles. The highest BCUT2D eigenvalue weighted by Crippen LogP contribution is 2.33. The smallest absolute Gasteiger partial charge is 0.332 e. The summed E-state index contributed by atoms with van der Waals surface area (Å²) in [6.45, 7) is 4.93. The molecule has 1 aromatic carbocycles. The summed E-state index contributed by atoms with van der Waals surface area (Å²) < 4.78 is 37.5. The minimum Gasteiger partial charge on any atom is -0.493 e. The quantitative estimate of drug-likeness (QED) is 0.513. The van der Waals surface area contributed by atoms with Gasteiger partial charge in [-0.05, 0) is 57.0 Å². The highest BCUT2D eigenvalue weighted by molar-refractivity contribution is 7.89. The number of hydrogen-bond acceptors (Lipinski definition) is 7. The van der Waals surface area contributed by atoms with Crippen molar-refractivity contribution in [1.29, 1.82) is 0 Å². The summed E-state index contributed by atoms with van der Waals surface area (Å²) in [4.78, 5) is 34.7. The molecule has 0 spiro atoms. The maximum Gasteiger partial charge on any atom is 0.332 e. The summed E-state index contributed by atoms with van der Waals surface area (Å²) in [5.41, 5.74) is -0.282. The van der Waals surface area contributed by atoms with Crippen LogP contribution in [0, 0.1) is 5.92 Å². The first-order chi connectivity index (χ1) is 16.2. The van der Waals surface area contributed by atoms with Gasteiger partial charge >= 0.3 is 5.69 Å². The fraction of sp³-hybridized carbons (Fsp3) is 0.500. The minimum atomic E-state index is -3.80. The second-order valence-corrected chi connectivity index (χ2v) is 10.7. The van der Waals surface area contributed by atoms with Gasteiger partial charge in [-0.15, -0.1) is 0 Å². The molecule has 12 heteroatoms. The number of piperidine rings is 3. The molecule has 3 fully saturated rings. The normalized spacial score (nSPS) is 22.4. The van der Waals surface area contributed by atoms with Crippen molar-refractivity contribution in [2.75, 3.05) is 26.2 Å². The number of aromatic amines is 1. The van der Waals surface area contributed by atoms with E-state index >= 15 is 0 Å². The zero-order chi connectivity index (χ0) is 24.2. The molecule has 0 radical (unpaired) electrons. The number of imidazole rings is 1. The zero-order valence-corrected chi connectivity index (χ0v) is 20.2. The van der Waals surface area contributed by atoms with E-state index in [1.165, 1.54) is 30.8 Å². The Kier molecular flexibility index (Phi) is 5.61. The molecule has 0 aliphatic carbocycles. The molecule has 6 rings (SSSR count). The number of aromatic nitrogens is 4. The molecule has 3 aromatic rings. The molecule has 0 amide bonds. The van der Waals surface area contributed by atoms with Gasteiger partial charge in [0.2, 0.25) is 10.0 Å². The van der Waals surface area contributed by atoms with E-state index in [1.807, 2.05) is 6.92 Å². The van der Waals surface area contributed by atoms with Crippen LogP contribution >= 0.6 is 0 Å². The van der Waals surface area contributed by atoms with Crippen LogP contribution in [0.5, 0.6) is 5.75 Å². The fourth-order valence-electron chi connectivity index (χ4n) is 4.96. The minimum absolute atomic E-state index is 0.0876. The second kappa shape index (κ2) is 8.36. The van der Waals surface area contributed by atoms with Crippen molar-refractivity contribution in [1.82, 2.24) is 28.7 Å². The maximum atomic E-state index is 13.3. The lowest BCUT2D eigenvalue weighted by molar-refractivity contribution is 0.0827. The largest absolute Gasteiger partial charge is 0.493 e. The molecule has 34 heavy (non-hydrogen) atoms. The van der Waals surface area contributed by atoms with Crippen LogP contribution in [0.2, 0.25) is 0 Å². The number of fused-ring (bicyclic) bond motifs is 4. The third-order valence-electron chi connectivity index (χ3n) is 6.87. The van der Waals surface area contributed by atoms with E-state index in [0.717, 1.165) is 30.5 Å². The van der Waals surface area contributed by atoms with Crippen LogP contribution in [0.3, 0.4) is 0 Å². The van der Waals surface area contributed by atoms with E-state index < -0.39 is 21.3 Å². The van der Waals surface area contributed by atoms with Crippen LogP contribution in [0.1, 0.15) is 19.8 Å². The zero-order valence-electron chi connectivity index (χ0n) is 19.4. The van der Waals surface area contributed by atoms with Crippen LogP contribution in [-0.4, -0.2) is 64.7 Å². The van der Waals surface area contributed by atoms with E-state index in [1.54, 1.807) is 6.07 Å². The van der Waals surface area contributed by atoms with Crippen molar-refractivity contribution in [2.45, 2.75) is 30.7 Å². The monoisotopic (exact) mass is 488 g/mol. The topological polar surface area (TPSA) is 131 Å². The van der Waals surface area contributed by atoms with E-state index in [2.05, 4.69) is 19.6 Å². The third kappa shape index (κ3) is 3.75. The van der Waals surface area contributed by atoms with Crippen molar-refractivity contribution in [3.05, 3.63) is 39.0 Å². The standard InChI is InChI=1S/C22H28N6O5S/c1-4-33-17-6-5-14(34(31,32)25-16-12-28-9-7-13(16)8-10-28)11-15(17)19-23-18-20(24-19)26(2)22(30)27(3)21(18)29/h5-6,11,13,16,25H,4,7-10,12H2,1-3H3,(H,23,24). The van der Waals surface area contributed by atoms with Crippen LogP contribution < -0.4 is 20.7 Å². The highest BCUT2D eigenvalue weighted by atomic mass is 32.2. The van der Waals surface area contributed by atoms with Gasteiger partial charge in [-0.25, -0.2) is 22.9 Å². The first-order valence-corrected chi connectivity index (χ1v) is 12.9. The summed E-state index contributed by atoms with van der Waals surface area (Å²) in [5, 5.41) is 0. The van der Waals surface area contributed by atoms with Gasteiger partial charge in [0.05, 0.1) is 17.1 Å². The highest BCUT2D eigenvalue weighted by Gasteiger charge is 2.36. The van der Waals surface area contributed by atoms with E-state index in [9.17, 15) is 18.0 Å². The average Bonchev–Trinajstić information content (AvgIpc) is 3.28. The van der Waals surface area contributed by atoms with Crippen molar-refractivity contribution in [2.24, 2.45) is 20.0 Å². The van der Waals surface area contributed by atoms with Gasteiger partial charge in [0, 0.05) is 26.7 Å². The summed E-state index contributed by atoms with van der Waals surface area (Å²) in [5.74, 6) is 1.01. The SMILES string of the molecule is CCOc1ccc(S(=O)(=O)NC2CN3CCC2CC3)cc1-c1nc2c([nH]1)c(=O)n(C)c(=O)n2C. The van der Waals surface area contributed by atoms with Crippen molar-refractivity contribution in [3.8, 4) is 17.1 Å². The Morgan fingerprint density at radius 3 is 2.56 bits per heavy atom. The number of nitrogens with one attached hydrogen (secondary N) is 2. The Bertz CT molecular complexity index is 1480. The molecule has 2 aromatic heterocycles. The number of nitrogens with zero attached hydrogens (tertiary/aromatic N) is 4. The molecule has 1 unspecified atom stereocenters. The summed E-state index contributed by atoms with van der Waals surface area (Å²) >= 11 is 0. The van der Waals surface area contributed by atoms with Crippen LogP contribution in [0.25, 0.3) is 22.6 Å². The molecule has 2 bridgehead atoms. The lowest BCUT2D eigenvalue weighted by atomic mass is 9.85. The van der Waals surface area contributed by atoms with Gasteiger partial charge in [-0.3, -0.25) is 13.9 Å². The Balaban J connectivity index is 1.58. The Morgan fingerprint density at radius 2 is 1.91 bits per heavy atom. The van der Waals surface area contributed by atoms with Crippen molar-refractivity contribution < 1.29 is 13.2 Å². The summed E-state index contributed by atoms with van der Waals surface area (Å²) in [6.07, 6.45) is 1.99. The van der Waals surface area contributed by atoms with Crippen LogP contribution in [0.4, 0.5) is 0 Å². The molecular weight excluding hydrogens is 460 g/mol. The first-order valence-electron chi connectivity index (χ1n) is 11.4. The van der Waals surface area contributed by atoms with E-state index in [-0.39, 0.29) is 27.9 Å². The maximum absolute atomic E-state index is 13.3. The molecule has 182 valence electrons. The second-order valence-electron chi connectivity index (χ2n) is 8.95. The fourth-order valence-corrected chi connectivity index (χ4v) is 6.28. The third-order valence-corrected chi connectivity index (χ3v) is 8.36. The number of hydrogen-bond donors (Lipinski definition) is 2. The number of rotatable bonds is 6. The molecule has 11 nitrogen and oxygen atoms in total. The molecule has 1 atom stereocenters. The summed E-state index contributed by atoms with van der Waals surface area (Å²) in [6, 6.07) is 4.48. The number of ether oxygens (including phenoxy) is 1. The van der Waals surface area contributed by atoms with Gasteiger partial charge in [-0.1, -0.05) is 0 Å². The predicted molar refractivity (Wildman–Crippen MR) is 126 cm³/mol. The Morgan fingerprint density at radius 1 is 1.18 bits per heavy atom. The number of aryl methyl sites for hydroxylation is 1. The van der Waals surface area contributed by atoms with Crippen molar-refractivity contribution >= 4 is 21.2 Å². The molecule has 2 N–H and O–H groups in total. The molecule has 3 saturated heterocycles. The first kappa shape index (κ1) is 22.8. The van der Waals surface area contributed by atoms with Gasteiger partial charge in [0.25, 0.3) is 5.56 Å². The summed E-state index contributed by atoms with van der Waals surface area (Å²) in [7, 11) is -0.882. The number of sulfonamides is 1. The lowest BCUT2D eigenvalue weighted by Gasteiger charge is -2.44. The molecule has 3 aliphatic heterocycles. The van der Waals surface area contributed by atoms with Crippen LogP contribution in [-0.2, 0) is 24.1 Å². The van der Waals surface area contributed by atoms with Crippen molar-refractivity contribution in [3.63, 3.8) is 0 Å².